The highest BCUT2D eigenvalue weighted by molar-refractivity contribution is 6.32. The van der Waals surface area contributed by atoms with E-state index < -0.39 is 0 Å². The Bertz CT molecular complexity index is 409. The molecule has 0 unspecified atom stereocenters. The van der Waals surface area contributed by atoms with Crippen molar-refractivity contribution in [2.24, 2.45) is 0 Å². The quantitative estimate of drug-likeness (QED) is 0.324. The van der Waals surface area contributed by atoms with Gasteiger partial charge in [0, 0.05) is 25.3 Å². The highest BCUT2D eigenvalue weighted by Gasteiger charge is 2.08. The molecule has 0 amide bonds. The minimum absolute atomic E-state index is 0.758. The van der Waals surface area contributed by atoms with E-state index in [1.807, 2.05) is 25.2 Å². The largest absolute Gasteiger partial charge is 0.398 e. The summed E-state index contributed by atoms with van der Waals surface area (Å²) in [6, 6.07) is 5.67. The Hall–Kier alpha value is -1.46. The minimum atomic E-state index is 0.758. The summed E-state index contributed by atoms with van der Waals surface area (Å²) in [7, 11) is 7.81. The maximum absolute atomic E-state index is 6.02. The molecule has 1 aromatic carbocycles. The average molecular weight is 272 g/mol. The molecule has 0 saturated heterocycles. The summed E-state index contributed by atoms with van der Waals surface area (Å²) in [5.74, 6) is 0. The van der Waals surface area contributed by atoms with Crippen LogP contribution in [0.5, 0.6) is 0 Å². The molecule has 0 aliphatic carbocycles. The number of anilines is 1. The van der Waals surface area contributed by atoms with Crippen molar-refractivity contribution >= 4 is 19.0 Å². The molecule has 0 aliphatic heterocycles. The van der Waals surface area contributed by atoms with E-state index in [1.165, 1.54) is 0 Å². The molecule has 0 aromatic heterocycles. The molecule has 5 heteroatoms. The van der Waals surface area contributed by atoms with E-state index in [0.29, 0.717) is 0 Å². The molecule has 1 rings (SSSR count). The zero-order valence-electron chi connectivity index (χ0n) is 12.4. The SMILES string of the molecule is [B]c1ccc(N)c(CN(CCCNC)CCNC=C)c1. The third-order valence-corrected chi connectivity index (χ3v) is 3.18. The number of hydrogen-bond acceptors (Lipinski definition) is 4. The second-order valence-electron chi connectivity index (χ2n) is 4.85. The summed E-state index contributed by atoms with van der Waals surface area (Å²) >= 11 is 0. The van der Waals surface area contributed by atoms with E-state index in [4.69, 9.17) is 13.6 Å². The summed E-state index contributed by atoms with van der Waals surface area (Å²) in [4.78, 5) is 2.37. The van der Waals surface area contributed by atoms with E-state index in [2.05, 4.69) is 22.1 Å². The van der Waals surface area contributed by atoms with Crippen LogP contribution in [0.1, 0.15) is 12.0 Å². The summed E-state index contributed by atoms with van der Waals surface area (Å²) in [5, 5.41) is 6.30. The molecular formula is C15H25BN4. The normalized spacial score (nSPS) is 10.7. The van der Waals surface area contributed by atoms with Crippen LogP contribution in [0.4, 0.5) is 5.69 Å². The van der Waals surface area contributed by atoms with E-state index in [1.54, 1.807) is 6.20 Å². The zero-order valence-corrected chi connectivity index (χ0v) is 12.4. The van der Waals surface area contributed by atoms with E-state index >= 15 is 0 Å². The predicted molar refractivity (Wildman–Crippen MR) is 88.3 cm³/mol. The Balaban J connectivity index is 2.61. The van der Waals surface area contributed by atoms with Crippen LogP contribution in [-0.4, -0.2) is 46.0 Å². The number of nitrogens with zero attached hydrogens (tertiary/aromatic N) is 1. The summed E-state index contributed by atoms with van der Waals surface area (Å²) in [6.07, 6.45) is 2.83. The minimum Gasteiger partial charge on any atom is -0.398 e. The van der Waals surface area contributed by atoms with Gasteiger partial charge in [0.25, 0.3) is 0 Å². The van der Waals surface area contributed by atoms with Gasteiger partial charge in [0.15, 0.2) is 0 Å². The van der Waals surface area contributed by atoms with Crippen molar-refractivity contribution in [3.05, 3.63) is 36.5 Å². The number of nitrogens with two attached hydrogens (primary N) is 1. The van der Waals surface area contributed by atoms with Crippen molar-refractivity contribution in [2.75, 3.05) is 39.0 Å². The lowest BCUT2D eigenvalue weighted by molar-refractivity contribution is 0.265. The zero-order chi connectivity index (χ0) is 14.8. The third kappa shape index (κ3) is 6.13. The van der Waals surface area contributed by atoms with E-state index in [0.717, 1.165) is 55.9 Å². The molecule has 1 aromatic rings. The monoisotopic (exact) mass is 272 g/mol. The highest BCUT2D eigenvalue weighted by atomic mass is 15.1. The number of nitrogen functional groups attached to an aromatic ring is 1. The van der Waals surface area contributed by atoms with Crippen LogP contribution in [0.15, 0.2) is 31.0 Å². The Morgan fingerprint density at radius 3 is 2.85 bits per heavy atom. The van der Waals surface area contributed by atoms with Crippen molar-refractivity contribution in [3.63, 3.8) is 0 Å². The van der Waals surface area contributed by atoms with Gasteiger partial charge in [-0.15, -0.1) is 0 Å². The standard InChI is InChI=1S/C15H25BN4/c1-3-19-8-10-20(9-4-7-18-2)12-13-11-14(16)5-6-15(13)17/h3,5-6,11,18-19H,1,4,7-10,12,17H2,2H3. The maximum atomic E-state index is 6.02. The van der Waals surface area contributed by atoms with Crippen molar-refractivity contribution < 1.29 is 0 Å². The third-order valence-electron chi connectivity index (χ3n) is 3.18. The molecule has 0 atom stereocenters. The lowest BCUT2D eigenvalue weighted by Crippen LogP contribution is -2.32. The smallest absolute Gasteiger partial charge is 0.113 e. The van der Waals surface area contributed by atoms with Crippen molar-refractivity contribution in [1.29, 1.82) is 0 Å². The molecule has 0 spiro atoms. The Kier molecular flexibility index (Phi) is 7.84. The van der Waals surface area contributed by atoms with Crippen molar-refractivity contribution in [1.82, 2.24) is 15.5 Å². The molecule has 20 heavy (non-hydrogen) atoms. The molecular weight excluding hydrogens is 247 g/mol. The Morgan fingerprint density at radius 2 is 2.15 bits per heavy atom. The second kappa shape index (κ2) is 9.45. The average Bonchev–Trinajstić information content (AvgIpc) is 2.43. The van der Waals surface area contributed by atoms with Gasteiger partial charge in [0.1, 0.15) is 7.85 Å². The fraction of sp³-hybridized carbons (Fsp3) is 0.467. The number of hydrogen-bond donors (Lipinski definition) is 3. The van der Waals surface area contributed by atoms with Gasteiger partial charge in [0.2, 0.25) is 0 Å². The van der Waals surface area contributed by atoms with Gasteiger partial charge in [-0.1, -0.05) is 24.2 Å². The number of nitrogens with one attached hydrogen (secondary N) is 2. The van der Waals surface area contributed by atoms with Gasteiger partial charge >= 0.3 is 0 Å². The molecule has 0 bridgehead atoms. The molecule has 0 fully saturated rings. The van der Waals surface area contributed by atoms with Crippen LogP contribution in [0.3, 0.4) is 0 Å². The Labute approximate surface area is 123 Å². The van der Waals surface area contributed by atoms with Gasteiger partial charge < -0.3 is 16.4 Å². The van der Waals surface area contributed by atoms with E-state index in [-0.39, 0.29) is 0 Å². The first-order valence-electron chi connectivity index (χ1n) is 7.02. The molecule has 0 saturated carbocycles. The molecule has 0 aliphatic rings. The lowest BCUT2D eigenvalue weighted by Gasteiger charge is -2.23. The Morgan fingerprint density at radius 1 is 1.35 bits per heavy atom. The van der Waals surface area contributed by atoms with Crippen LogP contribution >= 0.6 is 0 Å². The predicted octanol–water partition coefficient (Wildman–Crippen LogP) is 0.207. The van der Waals surface area contributed by atoms with Gasteiger partial charge in [-0.3, -0.25) is 4.90 Å². The summed E-state index contributed by atoms with van der Waals surface area (Å²) in [5.41, 5.74) is 8.67. The number of benzene rings is 1. The number of rotatable bonds is 10. The molecule has 2 radical (unpaired) electrons. The first kappa shape index (κ1) is 16.6. The first-order chi connectivity index (χ1) is 9.67. The van der Waals surface area contributed by atoms with Crippen LogP contribution in [0, 0.1) is 0 Å². The lowest BCUT2D eigenvalue weighted by atomic mass is 9.93. The fourth-order valence-electron chi connectivity index (χ4n) is 2.08. The van der Waals surface area contributed by atoms with Crippen LogP contribution < -0.4 is 21.8 Å². The molecule has 0 heterocycles. The van der Waals surface area contributed by atoms with Gasteiger partial charge in [0.05, 0.1) is 0 Å². The van der Waals surface area contributed by atoms with Gasteiger partial charge in [-0.05, 0) is 44.4 Å². The molecule has 4 nitrogen and oxygen atoms in total. The van der Waals surface area contributed by atoms with Crippen molar-refractivity contribution in [2.45, 2.75) is 13.0 Å². The highest BCUT2D eigenvalue weighted by Crippen LogP contribution is 2.12. The first-order valence-corrected chi connectivity index (χ1v) is 7.02. The van der Waals surface area contributed by atoms with Crippen LogP contribution in [0.2, 0.25) is 0 Å². The van der Waals surface area contributed by atoms with Crippen LogP contribution in [-0.2, 0) is 6.54 Å². The second-order valence-corrected chi connectivity index (χ2v) is 4.85. The summed E-state index contributed by atoms with van der Waals surface area (Å²) < 4.78 is 0. The molecule has 4 N–H and O–H groups in total. The van der Waals surface area contributed by atoms with Gasteiger partial charge in [-0.25, -0.2) is 0 Å². The summed E-state index contributed by atoms with van der Waals surface area (Å²) in [6.45, 7) is 8.35. The van der Waals surface area contributed by atoms with Gasteiger partial charge in [-0.2, -0.15) is 0 Å². The van der Waals surface area contributed by atoms with Crippen LogP contribution in [0.25, 0.3) is 0 Å². The van der Waals surface area contributed by atoms with E-state index in [9.17, 15) is 0 Å². The topological polar surface area (TPSA) is 53.3 Å². The maximum Gasteiger partial charge on any atom is 0.113 e. The fourth-order valence-corrected chi connectivity index (χ4v) is 2.08. The van der Waals surface area contributed by atoms with Crippen molar-refractivity contribution in [3.8, 4) is 0 Å². The molecule has 108 valence electrons.